The normalized spacial score (nSPS) is 22.5. The molecule has 0 aromatic heterocycles. The van der Waals surface area contributed by atoms with Crippen molar-refractivity contribution in [3.63, 3.8) is 0 Å². The van der Waals surface area contributed by atoms with Gasteiger partial charge in [0.25, 0.3) is 0 Å². The predicted molar refractivity (Wildman–Crippen MR) is 52.3 cm³/mol. The molecule has 1 saturated carbocycles. The second-order valence-corrected chi connectivity index (χ2v) is 4.06. The first-order valence-electron chi connectivity index (χ1n) is 5.44. The van der Waals surface area contributed by atoms with Gasteiger partial charge in [-0.05, 0) is 32.1 Å². The molecule has 0 bridgehead atoms. The van der Waals surface area contributed by atoms with E-state index in [0.29, 0.717) is 6.10 Å². The van der Waals surface area contributed by atoms with E-state index in [1.54, 1.807) is 0 Å². The molecule has 0 saturated heterocycles. The van der Waals surface area contributed by atoms with Crippen molar-refractivity contribution in [1.82, 2.24) is 0 Å². The van der Waals surface area contributed by atoms with Crippen LogP contribution in [0.25, 0.3) is 0 Å². The van der Waals surface area contributed by atoms with E-state index in [1.807, 2.05) is 0 Å². The minimum atomic E-state index is 0.465. The second-order valence-electron chi connectivity index (χ2n) is 4.06. The zero-order valence-electron chi connectivity index (χ0n) is 8.51. The van der Waals surface area contributed by atoms with Gasteiger partial charge in [0.05, 0.1) is 6.10 Å². The van der Waals surface area contributed by atoms with Gasteiger partial charge in [-0.2, -0.15) is 0 Å². The minimum absolute atomic E-state index is 0.465. The first-order chi connectivity index (χ1) is 5.83. The Labute approximate surface area is 76.5 Å². The van der Waals surface area contributed by atoms with Crippen LogP contribution < -0.4 is 0 Å². The van der Waals surface area contributed by atoms with Crippen molar-refractivity contribution in [3.8, 4) is 0 Å². The van der Waals surface area contributed by atoms with Crippen LogP contribution in [0.3, 0.4) is 0 Å². The third kappa shape index (κ3) is 3.57. The molecule has 1 nitrogen and oxygen atoms in total. The zero-order chi connectivity index (χ0) is 8.81. The summed E-state index contributed by atoms with van der Waals surface area (Å²) in [6, 6.07) is 0. The molecule has 1 unspecified atom stereocenters. The Hall–Kier alpha value is -0.0400. The third-order valence-corrected chi connectivity index (χ3v) is 2.92. The van der Waals surface area contributed by atoms with Gasteiger partial charge in [0.2, 0.25) is 0 Å². The van der Waals surface area contributed by atoms with E-state index in [4.69, 9.17) is 4.74 Å². The molecule has 0 spiro atoms. The van der Waals surface area contributed by atoms with Crippen molar-refractivity contribution in [2.24, 2.45) is 5.92 Å². The SMILES string of the molecule is CCC(C)OCC1CCCCC1. The van der Waals surface area contributed by atoms with Gasteiger partial charge in [-0.25, -0.2) is 0 Å². The van der Waals surface area contributed by atoms with Crippen LogP contribution in [0, 0.1) is 5.92 Å². The average Bonchev–Trinajstić information content (AvgIpc) is 2.16. The van der Waals surface area contributed by atoms with Crippen LogP contribution in [0.4, 0.5) is 0 Å². The molecule has 1 rings (SSSR count). The number of rotatable bonds is 4. The standard InChI is InChI=1S/C11H22O/c1-3-10(2)12-9-11-7-5-4-6-8-11/h10-11H,3-9H2,1-2H3. The van der Waals surface area contributed by atoms with E-state index in [1.165, 1.54) is 32.1 Å². The highest BCUT2D eigenvalue weighted by Crippen LogP contribution is 2.24. The van der Waals surface area contributed by atoms with Crippen LogP contribution in [0.1, 0.15) is 52.4 Å². The molecule has 0 aliphatic heterocycles. The van der Waals surface area contributed by atoms with E-state index >= 15 is 0 Å². The molecule has 72 valence electrons. The summed E-state index contributed by atoms with van der Waals surface area (Å²) >= 11 is 0. The second kappa shape index (κ2) is 5.58. The lowest BCUT2D eigenvalue weighted by atomic mass is 9.90. The van der Waals surface area contributed by atoms with Gasteiger partial charge in [-0.15, -0.1) is 0 Å². The van der Waals surface area contributed by atoms with Crippen molar-refractivity contribution in [2.75, 3.05) is 6.61 Å². The Balaban J connectivity index is 2.05. The van der Waals surface area contributed by atoms with Gasteiger partial charge in [-0.1, -0.05) is 26.2 Å². The van der Waals surface area contributed by atoms with Crippen LogP contribution in [0.5, 0.6) is 0 Å². The summed E-state index contributed by atoms with van der Waals surface area (Å²) in [5, 5.41) is 0. The first-order valence-corrected chi connectivity index (χ1v) is 5.44. The third-order valence-electron chi connectivity index (χ3n) is 2.92. The van der Waals surface area contributed by atoms with E-state index < -0.39 is 0 Å². The molecular weight excluding hydrogens is 148 g/mol. The minimum Gasteiger partial charge on any atom is -0.378 e. The fraction of sp³-hybridized carbons (Fsp3) is 1.00. The largest absolute Gasteiger partial charge is 0.378 e. The van der Waals surface area contributed by atoms with Crippen LogP contribution in [0.15, 0.2) is 0 Å². The van der Waals surface area contributed by atoms with Crippen molar-refractivity contribution < 1.29 is 4.74 Å². The van der Waals surface area contributed by atoms with Crippen molar-refractivity contribution >= 4 is 0 Å². The Morgan fingerprint density at radius 2 is 1.92 bits per heavy atom. The average molecular weight is 170 g/mol. The molecule has 1 heteroatoms. The molecule has 0 radical (unpaired) electrons. The number of ether oxygens (including phenoxy) is 1. The van der Waals surface area contributed by atoms with Crippen molar-refractivity contribution in [1.29, 1.82) is 0 Å². The Morgan fingerprint density at radius 3 is 2.50 bits per heavy atom. The molecule has 0 aromatic carbocycles. The number of hydrogen-bond acceptors (Lipinski definition) is 1. The topological polar surface area (TPSA) is 9.23 Å². The molecule has 12 heavy (non-hydrogen) atoms. The van der Waals surface area contributed by atoms with E-state index in [2.05, 4.69) is 13.8 Å². The molecule has 1 aliphatic rings. The molecule has 1 atom stereocenters. The van der Waals surface area contributed by atoms with Gasteiger partial charge >= 0.3 is 0 Å². The predicted octanol–water partition coefficient (Wildman–Crippen LogP) is 3.38. The Kier molecular flexibility index (Phi) is 4.67. The number of hydrogen-bond donors (Lipinski definition) is 0. The Morgan fingerprint density at radius 1 is 1.25 bits per heavy atom. The van der Waals surface area contributed by atoms with Gasteiger partial charge < -0.3 is 4.74 Å². The molecule has 0 heterocycles. The fourth-order valence-corrected chi connectivity index (χ4v) is 1.77. The van der Waals surface area contributed by atoms with Crippen LogP contribution >= 0.6 is 0 Å². The monoisotopic (exact) mass is 170 g/mol. The molecule has 1 aliphatic carbocycles. The quantitative estimate of drug-likeness (QED) is 0.628. The summed E-state index contributed by atoms with van der Waals surface area (Å²) < 4.78 is 5.73. The highest BCUT2D eigenvalue weighted by molar-refractivity contribution is 4.65. The summed E-state index contributed by atoms with van der Waals surface area (Å²) in [7, 11) is 0. The lowest BCUT2D eigenvalue weighted by Crippen LogP contribution is -2.17. The van der Waals surface area contributed by atoms with Gasteiger partial charge in [0.1, 0.15) is 0 Å². The summed E-state index contributed by atoms with van der Waals surface area (Å²) in [5.74, 6) is 0.868. The van der Waals surface area contributed by atoms with E-state index in [-0.39, 0.29) is 0 Å². The first kappa shape index (κ1) is 10.0. The van der Waals surface area contributed by atoms with Gasteiger partial charge in [0, 0.05) is 6.61 Å². The smallest absolute Gasteiger partial charge is 0.0544 e. The van der Waals surface area contributed by atoms with Crippen LogP contribution in [-0.2, 0) is 4.74 Å². The zero-order valence-corrected chi connectivity index (χ0v) is 8.51. The highest BCUT2D eigenvalue weighted by atomic mass is 16.5. The summed E-state index contributed by atoms with van der Waals surface area (Å²) in [6.07, 6.45) is 8.70. The maximum absolute atomic E-state index is 5.73. The lowest BCUT2D eigenvalue weighted by molar-refractivity contribution is 0.0293. The van der Waals surface area contributed by atoms with Gasteiger partial charge in [-0.3, -0.25) is 0 Å². The van der Waals surface area contributed by atoms with E-state index in [9.17, 15) is 0 Å². The maximum atomic E-state index is 5.73. The van der Waals surface area contributed by atoms with E-state index in [0.717, 1.165) is 18.9 Å². The maximum Gasteiger partial charge on any atom is 0.0544 e. The molecule has 0 amide bonds. The van der Waals surface area contributed by atoms with Crippen molar-refractivity contribution in [2.45, 2.75) is 58.5 Å². The molecule has 0 aromatic rings. The summed E-state index contributed by atoms with van der Waals surface area (Å²) in [5.41, 5.74) is 0. The molecular formula is C11H22O. The molecule has 0 N–H and O–H groups in total. The van der Waals surface area contributed by atoms with Gasteiger partial charge in [0.15, 0.2) is 0 Å². The fourth-order valence-electron chi connectivity index (χ4n) is 1.77. The Bertz CT molecular complexity index is 106. The van der Waals surface area contributed by atoms with Crippen molar-refractivity contribution in [3.05, 3.63) is 0 Å². The molecule has 1 fully saturated rings. The lowest BCUT2D eigenvalue weighted by Gasteiger charge is -2.22. The van der Waals surface area contributed by atoms with Crippen LogP contribution in [-0.4, -0.2) is 12.7 Å². The van der Waals surface area contributed by atoms with Crippen LogP contribution in [0.2, 0.25) is 0 Å². The highest BCUT2D eigenvalue weighted by Gasteiger charge is 2.13. The summed E-state index contributed by atoms with van der Waals surface area (Å²) in [6.45, 7) is 5.36. The summed E-state index contributed by atoms with van der Waals surface area (Å²) in [4.78, 5) is 0.